The number of ketones is 1. The first-order valence-electron chi connectivity index (χ1n) is 10.0. The lowest BCUT2D eigenvalue weighted by atomic mass is 10.1. The van der Waals surface area contributed by atoms with Gasteiger partial charge in [-0.2, -0.15) is 0 Å². The van der Waals surface area contributed by atoms with Gasteiger partial charge >= 0.3 is 5.97 Å². The normalized spacial score (nSPS) is 15.0. The van der Waals surface area contributed by atoms with Crippen molar-refractivity contribution in [3.63, 3.8) is 0 Å². The van der Waals surface area contributed by atoms with Crippen LogP contribution in [0.3, 0.4) is 0 Å². The summed E-state index contributed by atoms with van der Waals surface area (Å²) >= 11 is 0. The van der Waals surface area contributed by atoms with Crippen LogP contribution in [0.25, 0.3) is 22.2 Å². The lowest BCUT2D eigenvalue weighted by Gasteiger charge is -2.02. The second-order valence-electron chi connectivity index (χ2n) is 7.71. The number of benzene rings is 2. The number of aryl methyl sites for hydroxylation is 1. The van der Waals surface area contributed by atoms with E-state index in [9.17, 15) is 9.59 Å². The van der Waals surface area contributed by atoms with Crippen molar-refractivity contribution in [3.8, 4) is 17.1 Å². The molecule has 1 N–H and O–H groups in total. The van der Waals surface area contributed by atoms with Gasteiger partial charge in [0.15, 0.2) is 5.76 Å². The van der Waals surface area contributed by atoms with E-state index in [1.807, 2.05) is 43.3 Å². The zero-order valence-electron chi connectivity index (χ0n) is 17.1. The Bertz CT molecular complexity index is 1320. The Morgan fingerprint density at radius 2 is 2.03 bits per heavy atom. The monoisotopic (exact) mass is 416 g/mol. The Labute approximate surface area is 178 Å². The van der Waals surface area contributed by atoms with E-state index in [2.05, 4.69) is 10.1 Å². The van der Waals surface area contributed by atoms with E-state index < -0.39 is 11.8 Å². The molecule has 3 heterocycles. The number of hydrogen-bond acceptors (Lipinski definition) is 6. The van der Waals surface area contributed by atoms with Crippen molar-refractivity contribution < 1.29 is 23.6 Å². The molecule has 7 nitrogen and oxygen atoms in total. The number of fused-ring (bicyclic) bond motifs is 2. The maximum atomic E-state index is 12.7. The molecule has 1 unspecified atom stereocenters. The second-order valence-corrected chi connectivity index (χ2v) is 7.71. The second kappa shape index (κ2) is 7.43. The SMILES string of the molecule is Cc1[nH]c2ccccc2c1C(=O)C(=O)OCc1cc(-c2ccc3c(c2)CC(C)O3)on1. The number of carbonyl (C=O) groups excluding carboxylic acids is 2. The molecule has 1 aliphatic heterocycles. The third-order valence-corrected chi connectivity index (χ3v) is 5.40. The van der Waals surface area contributed by atoms with Crippen molar-refractivity contribution >= 4 is 22.7 Å². The van der Waals surface area contributed by atoms with Crippen LogP contribution in [0.1, 0.15) is 34.2 Å². The highest BCUT2D eigenvalue weighted by atomic mass is 16.5. The predicted octanol–water partition coefficient (Wildman–Crippen LogP) is 4.38. The summed E-state index contributed by atoms with van der Waals surface area (Å²) in [5.41, 5.74) is 4.17. The van der Waals surface area contributed by atoms with E-state index in [1.165, 1.54) is 0 Å². The molecule has 0 saturated heterocycles. The summed E-state index contributed by atoms with van der Waals surface area (Å²) in [6.07, 6.45) is 1.00. The molecular weight excluding hydrogens is 396 g/mol. The van der Waals surface area contributed by atoms with Gasteiger partial charge in [0.25, 0.3) is 5.78 Å². The van der Waals surface area contributed by atoms with Crippen LogP contribution in [0.2, 0.25) is 0 Å². The van der Waals surface area contributed by atoms with Crippen molar-refractivity contribution in [1.29, 1.82) is 0 Å². The minimum absolute atomic E-state index is 0.152. The molecule has 0 bridgehead atoms. The smallest absolute Gasteiger partial charge is 0.380 e. The first-order valence-corrected chi connectivity index (χ1v) is 10.0. The van der Waals surface area contributed by atoms with Crippen LogP contribution in [-0.2, 0) is 22.6 Å². The fourth-order valence-corrected chi connectivity index (χ4v) is 3.97. The number of rotatable bonds is 5. The zero-order valence-corrected chi connectivity index (χ0v) is 17.1. The topological polar surface area (TPSA) is 94.4 Å². The highest BCUT2D eigenvalue weighted by Crippen LogP contribution is 2.33. The summed E-state index contributed by atoms with van der Waals surface area (Å²) in [4.78, 5) is 28.2. The fourth-order valence-electron chi connectivity index (χ4n) is 3.97. The number of hydrogen-bond donors (Lipinski definition) is 1. The van der Waals surface area contributed by atoms with Gasteiger partial charge in [0, 0.05) is 34.6 Å². The molecule has 0 fully saturated rings. The number of nitrogens with one attached hydrogen (secondary N) is 1. The third kappa shape index (κ3) is 3.48. The summed E-state index contributed by atoms with van der Waals surface area (Å²) < 4.78 is 16.3. The van der Waals surface area contributed by atoms with Gasteiger partial charge in [0.05, 0.1) is 5.56 Å². The first-order chi connectivity index (χ1) is 15.0. The minimum atomic E-state index is -0.930. The Morgan fingerprint density at radius 1 is 1.19 bits per heavy atom. The molecular formula is C24H20N2O5. The highest BCUT2D eigenvalue weighted by molar-refractivity contribution is 6.43. The van der Waals surface area contributed by atoms with Crippen LogP contribution < -0.4 is 4.74 Å². The van der Waals surface area contributed by atoms with Crippen LogP contribution in [0.4, 0.5) is 0 Å². The molecule has 0 saturated carbocycles. The number of esters is 1. The molecule has 0 radical (unpaired) electrons. The standard InChI is InChI=1S/C24H20N2O5/c1-13-9-16-10-15(7-8-20(16)30-13)21-11-17(26-31-21)12-29-24(28)23(27)22-14(2)25-19-6-4-3-5-18(19)22/h3-8,10-11,13,25H,9,12H2,1-2H3. The fraction of sp³-hybridized carbons (Fsp3) is 0.208. The first kappa shape index (κ1) is 19.1. The average Bonchev–Trinajstić information content (AvgIpc) is 3.46. The lowest BCUT2D eigenvalue weighted by molar-refractivity contribution is -0.139. The molecule has 1 atom stereocenters. The quantitative estimate of drug-likeness (QED) is 0.295. The molecule has 156 valence electrons. The van der Waals surface area contributed by atoms with Crippen LogP contribution in [0.5, 0.6) is 5.75 Å². The van der Waals surface area contributed by atoms with Gasteiger partial charge < -0.3 is 19.0 Å². The van der Waals surface area contributed by atoms with E-state index in [0.717, 1.165) is 28.8 Å². The van der Waals surface area contributed by atoms with Crippen molar-refractivity contribution in [2.24, 2.45) is 0 Å². The van der Waals surface area contributed by atoms with Crippen molar-refractivity contribution in [1.82, 2.24) is 10.1 Å². The number of nitrogens with zero attached hydrogens (tertiary/aromatic N) is 1. The number of aromatic amines is 1. The Kier molecular flexibility index (Phi) is 4.58. The van der Waals surface area contributed by atoms with Gasteiger partial charge in [0.1, 0.15) is 24.2 Å². The van der Waals surface area contributed by atoms with E-state index in [4.69, 9.17) is 14.0 Å². The largest absolute Gasteiger partial charge is 0.490 e. The number of para-hydroxylation sites is 1. The van der Waals surface area contributed by atoms with Gasteiger partial charge in [-0.15, -0.1) is 0 Å². The van der Waals surface area contributed by atoms with Crippen molar-refractivity contribution in [3.05, 3.63) is 71.0 Å². The number of carbonyl (C=O) groups is 2. The zero-order chi connectivity index (χ0) is 21.5. The molecule has 31 heavy (non-hydrogen) atoms. The molecule has 0 amide bonds. The molecule has 0 spiro atoms. The predicted molar refractivity (Wildman–Crippen MR) is 113 cm³/mol. The van der Waals surface area contributed by atoms with Gasteiger partial charge in [-0.3, -0.25) is 4.79 Å². The summed E-state index contributed by atoms with van der Waals surface area (Å²) in [5.74, 6) is -0.171. The molecule has 2 aromatic carbocycles. The molecule has 4 aromatic rings. The summed E-state index contributed by atoms with van der Waals surface area (Å²) in [5, 5.41) is 4.66. The summed E-state index contributed by atoms with van der Waals surface area (Å²) in [7, 11) is 0. The molecule has 7 heteroatoms. The summed E-state index contributed by atoms with van der Waals surface area (Å²) in [6, 6.07) is 14.9. The maximum absolute atomic E-state index is 12.7. The molecule has 0 aliphatic carbocycles. The van der Waals surface area contributed by atoms with Gasteiger partial charge in [0.2, 0.25) is 0 Å². The average molecular weight is 416 g/mol. The molecule has 5 rings (SSSR count). The van der Waals surface area contributed by atoms with E-state index in [1.54, 1.807) is 19.1 Å². The summed E-state index contributed by atoms with van der Waals surface area (Å²) in [6.45, 7) is 3.63. The van der Waals surface area contributed by atoms with Gasteiger partial charge in [-0.1, -0.05) is 23.4 Å². The maximum Gasteiger partial charge on any atom is 0.380 e. The lowest BCUT2D eigenvalue weighted by Crippen LogP contribution is -2.18. The van der Waals surface area contributed by atoms with Crippen LogP contribution in [0.15, 0.2) is 53.1 Å². The Balaban J connectivity index is 1.28. The van der Waals surface area contributed by atoms with Crippen molar-refractivity contribution in [2.45, 2.75) is 33.0 Å². The van der Waals surface area contributed by atoms with Crippen LogP contribution in [-0.4, -0.2) is 28.0 Å². The number of aromatic nitrogens is 2. The van der Waals surface area contributed by atoms with E-state index in [0.29, 0.717) is 28.1 Å². The van der Waals surface area contributed by atoms with Crippen LogP contribution in [0, 0.1) is 6.92 Å². The number of H-pyrrole nitrogens is 1. The molecule has 2 aromatic heterocycles. The Morgan fingerprint density at radius 3 is 2.90 bits per heavy atom. The van der Waals surface area contributed by atoms with Crippen LogP contribution >= 0.6 is 0 Å². The Hall–Kier alpha value is -3.87. The number of ether oxygens (including phenoxy) is 2. The highest BCUT2D eigenvalue weighted by Gasteiger charge is 2.25. The minimum Gasteiger partial charge on any atom is -0.490 e. The molecule has 1 aliphatic rings. The number of Topliss-reactive ketones (excluding diaryl/α,β-unsaturated/α-hetero) is 1. The van der Waals surface area contributed by atoms with E-state index in [-0.39, 0.29) is 12.7 Å². The van der Waals surface area contributed by atoms with Crippen molar-refractivity contribution in [2.75, 3.05) is 0 Å². The van der Waals surface area contributed by atoms with E-state index >= 15 is 0 Å². The van der Waals surface area contributed by atoms with Gasteiger partial charge in [-0.05, 0) is 43.7 Å². The third-order valence-electron chi connectivity index (χ3n) is 5.40. The van der Waals surface area contributed by atoms with Gasteiger partial charge in [-0.25, -0.2) is 4.79 Å².